The van der Waals surface area contributed by atoms with Crippen LogP contribution < -0.4 is 15.8 Å². The van der Waals surface area contributed by atoms with Crippen molar-refractivity contribution < 1.29 is 9.53 Å². The van der Waals surface area contributed by atoms with Gasteiger partial charge in [0.2, 0.25) is 0 Å². The molecule has 1 aromatic rings. The molecule has 0 saturated carbocycles. The van der Waals surface area contributed by atoms with Gasteiger partial charge in [-0.3, -0.25) is 4.79 Å². The first kappa shape index (κ1) is 14.5. The highest BCUT2D eigenvalue weighted by molar-refractivity contribution is 5.94. The van der Waals surface area contributed by atoms with Gasteiger partial charge in [0.15, 0.2) is 0 Å². The van der Waals surface area contributed by atoms with Crippen molar-refractivity contribution in [1.29, 1.82) is 0 Å². The lowest BCUT2D eigenvalue weighted by atomic mass is 10.0. The zero-order valence-corrected chi connectivity index (χ0v) is 11.3. The van der Waals surface area contributed by atoms with Crippen molar-refractivity contribution in [3.63, 3.8) is 0 Å². The Hall–Kier alpha value is -1.55. The smallest absolute Gasteiger partial charge is 0.251 e. The molecule has 0 radical (unpaired) electrons. The zero-order chi connectivity index (χ0) is 13.5. The zero-order valence-electron chi connectivity index (χ0n) is 11.3. The Morgan fingerprint density at radius 3 is 2.39 bits per heavy atom. The first-order chi connectivity index (χ1) is 8.58. The van der Waals surface area contributed by atoms with Gasteiger partial charge in [-0.25, -0.2) is 0 Å². The lowest BCUT2D eigenvalue weighted by molar-refractivity contribution is 0.0927. The van der Waals surface area contributed by atoms with Crippen LogP contribution in [0.15, 0.2) is 24.3 Å². The third kappa shape index (κ3) is 4.04. The van der Waals surface area contributed by atoms with Gasteiger partial charge in [-0.2, -0.15) is 0 Å². The normalized spacial score (nSPS) is 12.3. The van der Waals surface area contributed by atoms with E-state index in [9.17, 15) is 4.79 Å². The number of nitrogens with one attached hydrogen (secondary N) is 1. The highest BCUT2D eigenvalue weighted by Gasteiger charge is 2.15. The number of ether oxygens (including phenoxy) is 1. The number of amides is 1. The highest BCUT2D eigenvalue weighted by atomic mass is 16.5. The maximum absolute atomic E-state index is 12.0. The van der Waals surface area contributed by atoms with Crippen LogP contribution in [-0.4, -0.2) is 25.1 Å². The van der Waals surface area contributed by atoms with E-state index in [1.54, 1.807) is 24.3 Å². The van der Waals surface area contributed by atoms with Crippen LogP contribution in [0.4, 0.5) is 0 Å². The van der Waals surface area contributed by atoms with Crippen molar-refractivity contribution in [2.24, 2.45) is 11.7 Å². The summed E-state index contributed by atoms with van der Waals surface area (Å²) in [7, 11) is 0. The molecule has 3 N–H and O–H groups in total. The average molecular weight is 250 g/mol. The van der Waals surface area contributed by atoms with E-state index in [0.717, 1.165) is 5.75 Å². The molecular formula is C14H22N2O2. The molecule has 1 aromatic carbocycles. The number of rotatable bonds is 6. The molecule has 0 aliphatic heterocycles. The third-order valence-electron chi connectivity index (χ3n) is 2.80. The Balaban J connectivity index is 2.66. The molecule has 18 heavy (non-hydrogen) atoms. The van der Waals surface area contributed by atoms with Gasteiger partial charge in [0, 0.05) is 18.2 Å². The summed E-state index contributed by atoms with van der Waals surface area (Å²) in [6, 6.07) is 7.11. The van der Waals surface area contributed by atoms with Gasteiger partial charge < -0.3 is 15.8 Å². The van der Waals surface area contributed by atoms with Crippen LogP contribution in [0.5, 0.6) is 5.75 Å². The highest BCUT2D eigenvalue weighted by Crippen LogP contribution is 2.12. The van der Waals surface area contributed by atoms with Crippen LogP contribution in [0, 0.1) is 5.92 Å². The summed E-state index contributed by atoms with van der Waals surface area (Å²) in [5.41, 5.74) is 6.25. The summed E-state index contributed by atoms with van der Waals surface area (Å²) < 4.78 is 5.33. The van der Waals surface area contributed by atoms with E-state index in [-0.39, 0.29) is 11.9 Å². The number of benzene rings is 1. The fraction of sp³-hybridized carbons (Fsp3) is 0.500. The summed E-state index contributed by atoms with van der Waals surface area (Å²) in [6.07, 6.45) is 0. The maximum atomic E-state index is 12.0. The summed E-state index contributed by atoms with van der Waals surface area (Å²) in [5, 5.41) is 2.93. The fourth-order valence-corrected chi connectivity index (χ4v) is 1.62. The number of nitrogens with two attached hydrogens (primary N) is 1. The molecule has 0 aliphatic rings. The summed E-state index contributed by atoms with van der Waals surface area (Å²) in [4.78, 5) is 12.0. The molecule has 0 saturated heterocycles. The number of hydrogen-bond acceptors (Lipinski definition) is 3. The van der Waals surface area contributed by atoms with Gasteiger partial charge >= 0.3 is 0 Å². The SMILES string of the molecule is CCOc1ccc(C(=O)NC(CN)C(C)C)cc1. The monoisotopic (exact) mass is 250 g/mol. The molecule has 0 aromatic heterocycles. The van der Waals surface area contributed by atoms with E-state index >= 15 is 0 Å². The van der Waals surface area contributed by atoms with Crippen molar-refractivity contribution in [3.05, 3.63) is 29.8 Å². The molecule has 0 bridgehead atoms. The Bertz CT molecular complexity index is 374. The van der Waals surface area contributed by atoms with E-state index in [1.807, 2.05) is 20.8 Å². The first-order valence-electron chi connectivity index (χ1n) is 6.32. The summed E-state index contributed by atoms with van der Waals surface area (Å²) in [5.74, 6) is 0.997. The Labute approximate surface area is 109 Å². The molecule has 0 spiro atoms. The van der Waals surface area contributed by atoms with Gasteiger partial charge in [-0.05, 0) is 37.1 Å². The van der Waals surface area contributed by atoms with E-state index in [4.69, 9.17) is 10.5 Å². The second-order valence-electron chi connectivity index (χ2n) is 4.52. The van der Waals surface area contributed by atoms with Gasteiger partial charge in [-0.1, -0.05) is 13.8 Å². The number of hydrogen-bond donors (Lipinski definition) is 2. The number of carbonyl (C=O) groups excluding carboxylic acids is 1. The van der Waals surface area contributed by atoms with Crippen LogP contribution in [0.2, 0.25) is 0 Å². The standard InChI is InChI=1S/C14H22N2O2/c1-4-18-12-7-5-11(6-8-12)14(17)16-13(9-15)10(2)3/h5-8,10,13H,4,9,15H2,1-3H3,(H,16,17). The molecule has 1 unspecified atom stereocenters. The predicted molar refractivity (Wildman–Crippen MR) is 72.8 cm³/mol. The second kappa shape index (κ2) is 7.01. The molecule has 100 valence electrons. The van der Waals surface area contributed by atoms with Crippen molar-refractivity contribution in [2.45, 2.75) is 26.8 Å². The summed E-state index contributed by atoms with van der Waals surface area (Å²) in [6.45, 7) is 7.07. The van der Waals surface area contributed by atoms with Crippen molar-refractivity contribution in [1.82, 2.24) is 5.32 Å². The fourth-order valence-electron chi connectivity index (χ4n) is 1.62. The van der Waals surface area contributed by atoms with Crippen molar-refractivity contribution in [2.75, 3.05) is 13.2 Å². The van der Waals surface area contributed by atoms with Crippen LogP contribution in [0.25, 0.3) is 0 Å². The lowest BCUT2D eigenvalue weighted by Gasteiger charge is -2.20. The molecule has 4 nitrogen and oxygen atoms in total. The first-order valence-corrected chi connectivity index (χ1v) is 6.32. The largest absolute Gasteiger partial charge is 0.494 e. The van der Waals surface area contributed by atoms with Gasteiger partial charge in [0.25, 0.3) is 5.91 Å². The van der Waals surface area contributed by atoms with Crippen LogP contribution in [0.3, 0.4) is 0 Å². The maximum Gasteiger partial charge on any atom is 0.251 e. The van der Waals surface area contributed by atoms with Crippen LogP contribution in [0.1, 0.15) is 31.1 Å². The Kier molecular flexibility index (Phi) is 5.65. The molecule has 1 rings (SSSR count). The van der Waals surface area contributed by atoms with Gasteiger partial charge in [-0.15, -0.1) is 0 Å². The third-order valence-corrected chi connectivity index (χ3v) is 2.80. The van der Waals surface area contributed by atoms with Crippen molar-refractivity contribution in [3.8, 4) is 5.75 Å². The van der Waals surface area contributed by atoms with Gasteiger partial charge in [0.1, 0.15) is 5.75 Å². The molecule has 0 aliphatic carbocycles. The molecule has 4 heteroatoms. The molecule has 1 atom stereocenters. The van der Waals surface area contributed by atoms with E-state index in [2.05, 4.69) is 5.32 Å². The average Bonchev–Trinajstić information content (AvgIpc) is 2.36. The Morgan fingerprint density at radius 1 is 1.33 bits per heavy atom. The lowest BCUT2D eigenvalue weighted by Crippen LogP contribution is -2.43. The minimum Gasteiger partial charge on any atom is -0.494 e. The quantitative estimate of drug-likeness (QED) is 0.809. The minimum atomic E-state index is -0.0952. The van der Waals surface area contributed by atoms with Crippen molar-refractivity contribution >= 4 is 5.91 Å². The molecule has 1 amide bonds. The van der Waals surface area contributed by atoms with E-state index in [1.165, 1.54) is 0 Å². The summed E-state index contributed by atoms with van der Waals surface area (Å²) >= 11 is 0. The van der Waals surface area contributed by atoms with E-state index < -0.39 is 0 Å². The molecule has 0 fully saturated rings. The topological polar surface area (TPSA) is 64.3 Å². The second-order valence-corrected chi connectivity index (χ2v) is 4.52. The van der Waals surface area contributed by atoms with Crippen LogP contribution >= 0.6 is 0 Å². The molecular weight excluding hydrogens is 228 g/mol. The predicted octanol–water partition coefficient (Wildman–Crippen LogP) is 1.80. The van der Waals surface area contributed by atoms with Crippen LogP contribution in [-0.2, 0) is 0 Å². The van der Waals surface area contributed by atoms with Gasteiger partial charge in [0.05, 0.1) is 6.61 Å². The number of carbonyl (C=O) groups is 1. The Morgan fingerprint density at radius 2 is 1.94 bits per heavy atom. The minimum absolute atomic E-state index is 0.00377. The molecule has 0 heterocycles. The van der Waals surface area contributed by atoms with E-state index in [0.29, 0.717) is 24.6 Å².